The van der Waals surface area contributed by atoms with Gasteiger partial charge >= 0.3 is 0 Å². The van der Waals surface area contributed by atoms with Crippen molar-refractivity contribution in [1.82, 2.24) is 19.5 Å². The summed E-state index contributed by atoms with van der Waals surface area (Å²) in [5, 5.41) is 23.3. The summed E-state index contributed by atoms with van der Waals surface area (Å²) in [7, 11) is -3.33. The maximum atomic E-state index is 15.2. The smallest absolute Gasteiger partial charge is 0.223 e. The highest BCUT2D eigenvalue weighted by Crippen LogP contribution is 2.40. The molecule has 2 bridgehead atoms. The Bertz CT molecular complexity index is 1450. The normalized spacial score (nSPS) is 25.6. The maximum Gasteiger partial charge on any atom is 0.223 e. The van der Waals surface area contributed by atoms with Gasteiger partial charge in [0.25, 0.3) is 0 Å². The van der Waals surface area contributed by atoms with Crippen LogP contribution in [0.2, 0.25) is 5.02 Å². The van der Waals surface area contributed by atoms with Gasteiger partial charge in [0.05, 0.1) is 45.1 Å². The van der Waals surface area contributed by atoms with Gasteiger partial charge in [-0.05, 0) is 59.1 Å². The second-order valence-corrected chi connectivity index (χ2v) is 13.3. The molecule has 0 radical (unpaired) electrons. The first-order chi connectivity index (χ1) is 16.8. The highest BCUT2D eigenvalue weighted by Gasteiger charge is 2.52. The van der Waals surface area contributed by atoms with E-state index in [1.54, 1.807) is 24.5 Å². The second kappa shape index (κ2) is 8.61. The summed E-state index contributed by atoms with van der Waals surface area (Å²) in [6.07, 6.45) is 1.54. The van der Waals surface area contributed by atoms with E-state index in [4.69, 9.17) is 11.6 Å². The van der Waals surface area contributed by atoms with E-state index in [-0.39, 0.29) is 34.6 Å². The number of aliphatic hydroxyl groups is 2. The van der Waals surface area contributed by atoms with E-state index in [1.165, 1.54) is 12.3 Å². The summed E-state index contributed by atoms with van der Waals surface area (Å²) < 4.78 is 41.9. The molecule has 4 atom stereocenters. The first-order valence-electron chi connectivity index (χ1n) is 11.9. The van der Waals surface area contributed by atoms with Crippen LogP contribution in [0.4, 0.5) is 10.3 Å². The van der Waals surface area contributed by atoms with Gasteiger partial charge in [0.15, 0.2) is 15.7 Å². The number of nitrogens with one attached hydrogen (secondary N) is 1. The molecule has 0 aliphatic carbocycles. The van der Waals surface area contributed by atoms with Crippen molar-refractivity contribution in [3.63, 3.8) is 0 Å². The first-order valence-corrected chi connectivity index (χ1v) is 13.9. The number of hydrogen-bond acceptors (Lipinski definition) is 8. The quantitative estimate of drug-likeness (QED) is 0.450. The van der Waals surface area contributed by atoms with Crippen LogP contribution >= 0.6 is 11.6 Å². The van der Waals surface area contributed by atoms with E-state index >= 15 is 4.39 Å². The number of halogens is 2. The van der Waals surface area contributed by atoms with Crippen LogP contribution in [0.3, 0.4) is 0 Å². The van der Waals surface area contributed by atoms with E-state index < -0.39 is 43.9 Å². The van der Waals surface area contributed by atoms with Gasteiger partial charge in [-0.25, -0.2) is 27.8 Å². The Morgan fingerprint density at radius 1 is 1.25 bits per heavy atom. The summed E-state index contributed by atoms with van der Waals surface area (Å²) in [5.41, 5.74) is 0.0114. The molecule has 0 saturated carbocycles. The Balaban J connectivity index is 1.54. The van der Waals surface area contributed by atoms with Crippen molar-refractivity contribution >= 4 is 38.4 Å². The first kappa shape index (κ1) is 25.3. The SMILES string of the molecule is CC(C)n1c(C(C)(C)O)nc2c(F)cc(-c3nc(NC4C[C@H]5CC[C@@H]([C@H]4O)S5(=O)=O)ncc3Cl)cc21. The standard InChI is InChI=1S/C24H29ClFN5O4S/c1-11(2)31-17-8-12(7-15(26)20(17)29-22(31)24(3,4)33)19-14(25)10-27-23(30-19)28-16-9-13-5-6-18(21(16)32)36(13,34)35/h7-8,10-11,13,16,18,21,32-33H,5-6,9H2,1-4H3,(H,27,28,30)/t13-,16?,18+,21+/m1/s1. The number of fused-ring (bicyclic) bond motifs is 3. The van der Waals surface area contributed by atoms with Gasteiger partial charge < -0.3 is 20.1 Å². The number of anilines is 1. The Morgan fingerprint density at radius 3 is 2.64 bits per heavy atom. The van der Waals surface area contributed by atoms with Crippen molar-refractivity contribution < 1.29 is 23.0 Å². The molecule has 2 saturated heterocycles. The van der Waals surface area contributed by atoms with Crippen LogP contribution in [0.5, 0.6) is 0 Å². The highest BCUT2D eigenvalue weighted by molar-refractivity contribution is 7.93. The molecular weight excluding hydrogens is 509 g/mol. The fraction of sp³-hybridized carbons (Fsp3) is 0.542. The Hall–Kier alpha value is -2.34. The van der Waals surface area contributed by atoms with Gasteiger partial charge in [-0.1, -0.05) is 11.6 Å². The third-order valence-corrected chi connectivity index (χ3v) is 10.1. The van der Waals surface area contributed by atoms with Gasteiger partial charge in [0.2, 0.25) is 5.95 Å². The van der Waals surface area contributed by atoms with Gasteiger partial charge in [-0.15, -0.1) is 0 Å². The number of hydrogen-bond donors (Lipinski definition) is 3. The molecule has 3 aromatic rings. The third kappa shape index (κ3) is 4.06. The number of benzene rings is 1. The van der Waals surface area contributed by atoms with Gasteiger partial charge in [-0.3, -0.25) is 0 Å². The molecular formula is C24H29ClFN5O4S. The number of imidazole rings is 1. The van der Waals surface area contributed by atoms with Crippen LogP contribution in [0.25, 0.3) is 22.3 Å². The molecule has 36 heavy (non-hydrogen) atoms. The minimum atomic E-state index is -3.33. The zero-order valence-corrected chi connectivity index (χ0v) is 22.0. The summed E-state index contributed by atoms with van der Waals surface area (Å²) >= 11 is 6.41. The lowest BCUT2D eigenvalue weighted by Gasteiger charge is -2.33. The summed E-state index contributed by atoms with van der Waals surface area (Å²) in [6.45, 7) is 7.04. The minimum absolute atomic E-state index is 0.108. The number of rotatable bonds is 5. The van der Waals surface area contributed by atoms with Crippen LogP contribution in [0, 0.1) is 5.82 Å². The molecule has 0 spiro atoms. The molecule has 4 heterocycles. The molecule has 2 fully saturated rings. The van der Waals surface area contributed by atoms with Gasteiger partial charge in [-0.2, -0.15) is 0 Å². The molecule has 12 heteroatoms. The average Bonchev–Trinajstić information content (AvgIpc) is 3.26. The number of aromatic nitrogens is 4. The third-order valence-electron chi connectivity index (χ3n) is 7.11. The van der Waals surface area contributed by atoms with Crippen LogP contribution < -0.4 is 5.32 Å². The number of aliphatic hydroxyl groups excluding tert-OH is 1. The minimum Gasteiger partial charge on any atom is -0.390 e. The Kier molecular flexibility index (Phi) is 6.06. The highest BCUT2D eigenvalue weighted by atomic mass is 35.5. The van der Waals surface area contributed by atoms with Gasteiger partial charge in [0, 0.05) is 11.6 Å². The summed E-state index contributed by atoms with van der Waals surface area (Å²) in [6, 6.07) is 2.37. The van der Waals surface area contributed by atoms with Crippen molar-refractivity contribution in [2.24, 2.45) is 0 Å². The summed E-state index contributed by atoms with van der Waals surface area (Å²) in [5.74, 6) is -0.0798. The Morgan fingerprint density at radius 2 is 1.97 bits per heavy atom. The number of sulfone groups is 1. The lowest BCUT2D eigenvalue weighted by Crippen LogP contribution is -2.51. The van der Waals surface area contributed by atoms with Crippen molar-refractivity contribution in [1.29, 1.82) is 0 Å². The predicted molar refractivity (Wildman–Crippen MR) is 135 cm³/mol. The molecule has 2 aliphatic heterocycles. The molecule has 5 rings (SSSR count). The van der Waals surface area contributed by atoms with Crippen LogP contribution in [-0.4, -0.2) is 60.8 Å². The Labute approximate surface area is 213 Å². The molecule has 9 nitrogen and oxygen atoms in total. The van der Waals surface area contributed by atoms with E-state index in [1.807, 2.05) is 13.8 Å². The average molecular weight is 538 g/mol. The van der Waals surface area contributed by atoms with Gasteiger partial charge in [0.1, 0.15) is 16.9 Å². The lowest BCUT2D eigenvalue weighted by molar-refractivity contribution is 0.0641. The molecule has 2 aliphatic rings. The fourth-order valence-corrected chi connectivity index (χ4v) is 8.10. The topological polar surface area (TPSA) is 130 Å². The van der Waals surface area contributed by atoms with E-state index in [9.17, 15) is 18.6 Å². The van der Waals surface area contributed by atoms with Crippen LogP contribution in [0.1, 0.15) is 58.8 Å². The zero-order chi connectivity index (χ0) is 26.2. The zero-order valence-electron chi connectivity index (χ0n) is 20.4. The van der Waals surface area contributed by atoms with E-state index in [0.29, 0.717) is 29.7 Å². The van der Waals surface area contributed by atoms with Crippen molar-refractivity contribution in [3.05, 3.63) is 35.0 Å². The monoisotopic (exact) mass is 537 g/mol. The molecule has 0 amide bonds. The molecule has 194 valence electrons. The van der Waals surface area contributed by atoms with E-state index in [2.05, 4.69) is 20.3 Å². The second-order valence-electron chi connectivity index (χ2n) is 10.5. The van der Waals surface area contributed by atoms with Crippen molar-refractivity contribution in [3.8, 4) is 11.3 Å². The lowest BCUT2D eigenvalue weighted by atomic mass is 10.1. The number of nitrogens with zero attached hydrogens (tertiary/aromatic N) is 4. The van der Waals surface area contributed by atoms with Crippen molar-refractivity contribution in [2.75, 3.05) is 5.32 Å². The van der Waals surface area contributed by atoms with E-state index in [0.717, 1.165) is 0 Å². The largest absolute Gasteiger partial charge is 0.390 e. The summed E-state index contributed by atoms with van der Waals surface area (Å²) in [4.78, 5) is 13.1. The molecule has 3 N–H and O–H groups in total. The fourth-order valence-electron chi connectivity index (χ4n) is 5.42. The molecule has 1 unspecified atom stereocenters. The van der Waals surface area contributed by atoms with Crippen LogP contribution in [0.15, 0.2) is 18.3 Å². The predicted octanol–water partition coefficient (Wildman–Crippen LogP) is 3.59. The molecule has 2 aromatic heterocycles. The van der Waals surface area contributed by atoms with Crippen molar-refractivity contribution in [2.45, 2.75) is 81.2 Å². The van der Waals surface area contributed by atoms with Crippen LogP contribution in [-0.2, 0) is 15.4 Å². The maximum absolute atomic E-state index is 15.2. The molecule has 1 aromatic carbocycles.